The number of benzene rings is 1. The van der Waals surface area contributed by atoms with Crippen LogP contribution in [0.15, 0.2) is 54.7 Å². The van der Waals surface area contributed by atoms with Gasteiger partial charge in [-0.3, -0.25) is 4.98 Å². The Hall–Kier alpha value is -3.03. The maximum absolute atomic E-state index is 11.1. The van der Waals surface area contributed by atoms with Crippen molar-refractivity contribution in [2.45, 2.75) is 0 Å². The largest absolute Gasteiger partial charge is 0.478 e. The molecule has 0 saturated heterocycles. The van der Waals surface area contributed by atoms with Crippen molar-refractivity contribution in [1.82, 2.24) is 15.0 Å². The summed E-state index contributed by atoms with van der Waals surface area (Å²) in [6.45, 7) is 0. The maximum atomic E-state index is 11.1. The molecule has 3 N–H and O–H groups in total. The first-order valence-corrected chi connectivity index (χ1v) is 8.22. The Morgan fingerprint density at radius 1 is 1.08 bits per heavy atom. The highest BCUT2D eigenvalue weighted by Crippen LogP contribution is 2.30. The van der Waals surface area contributed by atoms with Crippen LogP contribution in [0.5, 0.6) is 0 Å². The minimum atomic E-state index is -0.966. The molecule has 4 rings (SSSR count). The maximum Gasteiger partial charge on any atom is 0.335 e. The molecular weight excluding hydrogens is 338 g/mol. The molecular formula is C18H15N3O3S. The minimum absolute atomic E-state index is 0.214. The summed E-state index contributed by atoms with van der Waals surface area (Å²) in [6.07, 6.45) is 1.50. The van der Waals surface area contributed by atoms with Crippen LogP contribution in [0.1, 0.15) is 10.4 Å². The average molecular weight is 353 g/mol. The number of hydrogen-bond acceptors (Lipinski definition) is 5. The lowest BCUT2D eigenvalue weighted by Gasteiger charge is -1.99. The van der Waals surface area contributed by atoms with E-state index in [2.05, 4.69) is 15.0 Å². The van der Waals surface area contributed by atoms with E-state index < -0.39 is 5.97 Å². The summed E-state index contributed by atoms with van der Waals surface area (Å²) in [5.74, 6) is -0.966. The molecule has 0 aliphatic carbocycles. The average Bonchev–Trinajstić information content (AvgIpc) is 3.30. The van der Waals surface area contributed by atoms with Gasteiger partial charge in [-0.05, 0) is 36.4 Å². The molecule has 1 aromatic carbocycles. The highest BCUT2D eigenvalue weighted by molar-refractivity contribution is 7.21. The number of para-hydroxylation sites is 1. The summed E-state index contributed by atoms with van der Waals surface area (Å²) in [6, 6.07) is 14.8. The molecule has 0 saturated carbocycles. The molecule has 6 nitrogen and oxygen atoms in total. The summed E-state index contributed by atoms with van der Waals surface area (Å²) < 4.78 is 1.13. The lowest BCUT2D eigenvalue weighted by Crippen LogP contribution is -1.97. The molecule has 25 heavy (non-hydrogen) atoms. The molecule has 0 aliphatic rings. The van der Waals surface area contributed by atoms with Crippen molar-refractivity contribution in [1.29, 1.82) is 0 Å². The third kappa shape index (κ3) is 3.42. The summed E-state index contributed by atoms with van der Waals surface area (Å²) in [7, 11) is 1.00. The van der Waals surface area contributed by atoms with Gasteiger partial charge in [-0.15, -0.1) is 11.3 Å². The predicted molar refractivity (Wildman–Crippen MR) is 97.7 cm³/mol. The summed E-state index contributed by atoms with van der Waals surface area (Å²) in [4.78, 5) is 23.2. The zero-order valence-corrected chi connectivity index (χ0v) is 14.1. The molecule has 3 heterocycles. The molecule has 3 aromatic heterocycles. The van der Waals surface area contributed by atoms with E-state index in [1.54, 1.807) is 17.4 Å². The van der Waals surface area contributed by atoms with Crippen molar-refractivity contribution in [3.05, 3.63) is 60.3 Å². The Bertz CT molecular complexity index is 990. The number of nitrogens with one attached hydrogen (secondary N) is 1. The normalized spacial score (nSPS) is 10.3. The van der Waals surface area contributed by atoms with E-state index >= 15 is 0 Å². The number of rotatable bonds is 3. The lowest BCUT2D eigenvalue weighted by atomic mass is 10.2. The molecule has 0 amide bonds. The number of H-pyrrole nitrogens is 1. The van der Waals surface area contributed by atoms with Crippen molar-refractivity contribution in [3.63, 3.8) is 0 Å². The highest BCUT2D eigenvalue weighted by atomic mass is 32.1. The van der Waals surface area contributed by atoms with Gasteiger partial charge in [0.05, 0.1) is 32.9 Å². The second-order valence-electron chi connectivity index (χ2n) is 5.01. The zero-order valence-electron chi connectivity index (χ0n) is 13.3. The van der Waals surface area contributed by atoms with E-state index in [-0.39, 0.29) is 5.56 Å². The van der Waals surface area contributed by atoms with Crippen molar-refractivity contribution >= 4 is 27.5 Å². The van der Waals surface area contributed by atoms with E-state index in [9.17, 15) is 4.79 Å². The van der Waals surface area contributed by atoms with Gasteiger partial charge in [-0.1, -0.05) is 12.1 Å². The Morgan fingerprint density at radius 2 is 1.84 bits per heavy atom. The number of aromatic amines is 1. The van der Waals surface area contributed by atoms with Crippen LogP contribution in [-0.2, 0) is 0 Å². The molecule has 0 unspecified atom stereocenters. The van der Waals surface area contributed by atoms with Gasteiger partial charge in [-0.2, -0.15) is 0 Å². The van der Waals surface area contributed by atoms with E-state index in [1.165, 1.54) is 12.3 Å². The Morgan fingerprint density at radius 3 is 2.60 bits per heavy atom. The Labute approximate surface area is 147 Å². The van der Waals surface area contributed by atoms with Gasteiger partial charge in [0.2, 0.25) is 0 Å². The number of pyridine rings is 1. The van der Waals surface area contributed by atoms with Crippen LogP contribution in [0, 0.1) is 0 Å². The Balaban J connectivity index is 0.000000880. The van der Waals surface area contributed by atoms with Crippen LogP contribution >= 0.6 is 11.3 Å². The van der Waals surface area contributed by atoms with Crippen molar-refractivity contribution in [3.8, 4) is 22.1 Å². The summed E-state index contributed by atoms with van der Waals surface area (Å²) >= 11 is 1.61. The molecule has 0 aliphatic heterocycles. The molecule has 126 valence electrons. The van der Waals surface area contributed by atoms with Crippen LogP contribution in [0.2, 0.25) is 0 Å². The molecule has 7 heteroatoms. The number of aromatic nitrogens is 3. The van der Waals surface area contributed by atoms with E-state index in [4.69, 9.17) is 10.2 Å². The number of carboxylic acids is 1. The van der Waals surface area contributed by atoms with Crippen LogP contribution in [0.3, 0.4) is 0 Å². The number of aliphatic hydroxyl groups is 1. The number of carboxylic acid groups (broad SMARTS) is 1. The zero-order chi connectivity index (χ0) is 17.8. The minimum Gasteiger partial charge on any atom is -0.478 e. The van der Waals surface area contributed by atoms with Crippen LogP contribution < -0.4 is 0 Å². The number of aliphatic hydroxyl groups excluding tert-OH is 1. The van der Waals surface area contributed by atoms with Gasteiger partial charge in [0.15, 0.2) is 0 Å². The number of nitrogens with zero attached hydrogens (tertiary/aromatic N) is 2. The quantitative estimate of drug-likeness (QED) is 0.522. The van der Waals surface area contributed by atoms with Crippen molar-refractivity contribution in [2.75, 3.05) is 7.11 Å². The van der Waals surface area contributed by atoms with Crippen LogP contribution in [0.25, 0.3) is 32.3 Å². The van der Waals surface area contributed by atoms with Gasteiger partial charge in [-0.25, -0.2) is 9.78 Å². The molecule has 0 atom stereocenters. The second-order valence-corrected chi connectivity index (χ2v) is 6.04. The smallest absolute Gasteiger partial charge is 0.335 e. The molecule has 0 spiro atoms. The fourth-order valence-electron chi connectivity index (χ4n) is 2.37. The molecule has 4 aromatic rings. The van der Waals surface area contributed by atoms with Crippen molar-refractivity contribution < 1.29 is 15.0 Å². The van der Waals surface area contributed by atoms with Gasteiger partial charge < -0.3 is 15.2 Å². The number of hydrogen-bond donors (Lipinski definition) is 3. The van der Waals surface area contributed by atoms with Gasteiger partial charge in [0.1, 0.15) is 5.01 Å². The van der Waals surface area contributed by atoms with Crippen molar-refractivity contribution in [2.24, 2.45) is 0 Å². The lowest BCUT2D eigenvalue weighted by molar-refractivity contribution is 0.0697. The number of carbonyl (C=O) groups is 1. The summed E-state index contributed by atoms with van der Waals surface area (Å²) in [5, 5.41) is 17.0. The number of fused-ring (bicyclic) bond motifs is 1. The number of thiazole rings is 1. The molecule has 0 fully saturated rings. The third-order valence-corrected chi connectivity index (χ3v) is 4.56. The second kappa shape index (κ2) is 7.25. The van der Waals surface area contributed by atoms with Crippen LogP contribution in [0.4, 0.5) is 0 Å². The van der Waals surface area contributed by atoms with Crippen LogP contribution in [-0.4, -0.2) is 38.2 Å². The number of aromatic carboxylic acids is 1. The highest BCUT2D eigenvalue weighted by Gasteiger charge is 2.11. The fourth-order valence-corrected chi connectivity index (χ4v) is 3.31. The van der Waals surface area contributed by atoms with Gasteiger partial charge >= 0.3 is 5.97 Å². The standard InChI is InChI=1S/C17H11N3O2S.CH4O/c21-17(22)10-7-8-18-14(9-10)11-5-6-13(19-11)16-20-12-3-1-2-4-15(12)23-16;1-2/h1-9,19H,(H,21,22);2H,1H3. The van der Waals surface area contributed by atoms with E-state index in [0.717, 1.165) is 33.7 Å². The topological polar surface area (TPSA) is 99.1 Å². The first-order valence-electron chi connectivity index (χ1n) is 7.40. The van der Waals surface area contributed by atoms with E-state index in [1.807, 2.05) is 36.4 Å². The third-order valence-electron chi connectivity index (χ3n) is 3.49. The predicted octanol–water partition coefficient (Wildman–Crippen LogP) is 3.66. The molecule has 0 radical (unpaired) electrons. The monoisotopic (exact) mass is 353 g/mol. The first-order chi connectivity index (χ1) is 12.2. The first kappa shape index (κ1) is 16.8. The van der Waals surface area contributed by atoms with Gasteiger partial charge in [0.25, 0.3) is 0 Å². The SMILES string of the molecule is CO.O=C(O)c1ccnc(-c2ccc(-c3nc4ccccc4s3)[nH]2)c1. The Kier molecular flexibility index (Phi) is 4.87. The summed E-state index contributed by atoms with van der Waals surface area (Å²) in [5.41, 5.74) is 3.43. The van der Waals surface area contributed by atoms with E-state index in [0.29, 0.717) is 5.69 Å². The van der Waals surface area contributed by atoms with Gasteiger partial charge in [0, 0.05) is 13.3 Å². The fraction of sp³-hybridized carbons (Fsp3) is 0.0556. The molecule has 0 bridgehead atoms.